The standard InChI is InChI=1S/C21H30N6O3/c1-15-12-16(2)22-20-19(15)21(23-24(20)3)30-14-18(29)27-10-8-25(9-11-27)13-17(28)26-6-4-5-7-26/h12H,4-11,13-14H2,1-3H3. The fraction of sp³-hybridized carbons (Fsp3) is 0.619. The Balaban J connectivity index is 1.29. The number of hydrogen-bond donors (Lipinski definition) is 0. The highest BCUT2D eigenvalue weighted by atomic mass is 16.5. The minimum atomic E-state index is -0.0583. The second kappa shape index (κ2) is 8.59. The van der Waals surface area contributed by atoms with E-state index in [1.807, 2.05) is 31.9 Å². The number of amides is 2. The third-order valence-corrected chi connectivity index (χ3v) is 5.96. The summed E-state index contributed by atoms with van der Waals surface area (Å²) in [5.41, 5.74) is 2.71. The molecule has 0 saturated carbocycles. The summed E-state index contributed by atoms with van der Waals surface area (Å²) in [5, 5.41) is 5.25. The molecule has 0 radical (unpaired) electrons. The van der Waals surface area contributed by atoms with Gasteiger partial charge in [-0.25, -0.2) is 9.67 Å². The van der Waals surface area contributed by atoms with Crippen LogP contribution in [0.3, 0.4) is 0 Å². The van der Waals surface area contributed by atoms with Gasteiger partial charge in [0.25, 0.3) is 5.91 Å². The third kappa shape index (κ3) is 4.26. The average molecular weight is 415 g/mol. The molecule has 2 aliphatic heterocycles. The molecular weight excluding hydrogens is 384 g/mol. The summed E-state index contributed by atoms with van der Waals surface area (Å²) < 4.78 is 7.48. The van der Waals surface area contributed by atoms with Crippen LogP contribution in [0.2, 0.25) is 0 Å². The van der Waals surface area contributed by atoms with E-state index >= 15 is 0 Å². The van der Waals surface area contributed by atoms with Crippen LogP contribution < -0.4 is 4.74 Å². The summed E-state index contributed by atoms with van der Waals surface area (Å²) in [6, 6.07) is 1.99. The van der Waals surface area contributed by atoms with E-state index in [0.717, 1.165) is 48.2 Å². The van der Waals surface area contributed by atoms with Crippen molar-refractivity contribution in [1.82, 2.24) is 29.5 Å². The molecule has 9 nitrogen and oxygen atoms in total. The largest absolute Gasteiger partial charge is 0.466 e. The van der Waals surface area contributed by atoms with Gasteiger partial charge in [0.1, 0.15) is 0 Å². The molecule has 2 saturated heterocycles. The zero-order chi connectivity index (χ0) is 21.3. The molecule has 0 atom stereocenters. The first-order valence-electron chi connectivity index (χ1n) is 10.6. The molecule has 30 heavy (non-hydrogen) atoms. The topological polar surface area (TPSA) is 83.8 Å². The van der Waals surface area contributed by atoms with Crippen LogP contribution in [0.25, 0.3) is 11.0 Å². The van der Waals surface area contributed by atoms with Crippen LogP contribution in [0.4, 0.5) is 0 Å². The van der Waals surface area contributed by atoms with Crippen molar-refractivity contribution in [3.8, 4) is 5.88 Å². The molecule has 4 heterocycles. The lowest BCUT2D eigenvalue weighted by molar-refractivity contribution is -0.136. The first-order chi connectivity index (χ1) is 14.4. The smallest absolute Gasteiger partial charge is 0.260 e. The van der Waals surface area contributed by atoms with E-state index in [2.05, 4.69) is 15.0 Å². The van der Waals surface area contributed by atoms with Gasteiger partial charge in [-0.2, -0.15) is 0 Å². The van der Waals surface area contributed by atoms with Crippen LogP contribution in [-0.2, 0) is 16.6 Å². The van der Waals surface area contributed by atoms with Crippen LogP contribution in [0.15, 0.2) is 6.07 Å². The van der Waals surface area contributed by atoms with E-state index < -0.39 is 0 Å². The molecule has 0 N–H and O–H groups in total. The van der Waals surface area contributed by atoms with Gasteiger partial charge in [0.2, 0.25) is 11.8 Å². The number of hydrogen-bond acceptors (Lipinski definition) is 6. The van der Waals surface area contributed by atoms with Crippen molar-refractivity contribution in [2.75, 3.05) is 52.4 Å². The molecular formula is C21H30N6O3. The van der Waals surface area contributed by atoms with Gasteiger partial charge in [0.05, 0.1) is 11.9 Å². The maximum Gasteiger partial charge on any atom is 0.260 e. The van der Waals surface area contributed by atoms with Gasteiger partial charge in [0.15, 0.2) is 12.3 Å². The predicted molar refractivity (Wildman–Crippen MR) is 112 cm³/mol. The molecule has 162 valence electrons. The molecule has 4 rings (SSSR count). The van der Waals surface area contributed by atoms with Gasteiger partial charge in [0, 0.05) is 52.0 Å². The summed E-state index contributed by atoms with van der Waals surface area (Å²) in [6.07, 6.45) is 2.21. The highest BCUT2D eigenvalue weighted by molar-refractivity contribution is 5.86. The van der Waals surface area contributed by atoms with Crippen molar-refractivity contribution < 1.29 is 14.3 Å². The summed E-state index contributed by atoms with van der Waals surface area (Å²) in [7, 11) is 1.82. The number of aromatic nitrogens is 3. The monoisotopic (exact) mass is 414 g/mol. The molecule has 0 aromatic carbocycles. The summed E-state index contributed by atoms with van der Waals surface area (Å²) >= 11 is 0. The number of aryl methyl sites for hydroxylation is 3. The normalized spacial score (nSPS) is 17.7. The first-order valence-corrected chi connectivity index (χ1v) is 10.6. The number of carbonyl (C=O) groups excluding carboxylic acids is 2. The number of ether oxygens (including phenoxy) is 1. The maximum absolute atomic E-state index is 12.6. The third-order valence-electron chi connectivity index (χ3n) is 5.96. The zero-order valence-corrected chi connectivity index (χ0v) is 18.1. The average Bonchev–Trinajstić information content (AvgIpc) is 3.35. The molecule has 2 amide bonds. The highest BCUT2D eigenvalue weighted by Gasteiger charge is 2.26. The van der Waals surface area contributed by atoms with Gasteiger partial charge in [-0.15, -0.1) is 5.10 Å². The minimum absolute atomic E-state index is 0.0495. The van der Waals surface area contributed by atoms with Crippen LogP contribution >= 0.6 is 0 Å². The lowest BCUT2D eigenvalue weighted by atomic mass is 10.2. The van der Waals surface area contributed by atoms with E-state index in [1.165, 1.54) is 0 Å². The molecule has 9 heteroatoms. The van der Waals surface area contributed by atoms with Crippen LogP contribution in [-0.4, -0.2) is 93.7 Å². The summed E-state index contributed by atoms with van der Waals surface area (Å²) in [5.74, 6) is 0.592. The Morgan fingerprint density at radius 1 is 1.00 bits per heavy atom. The quantitative estimate of drug-likeness (QED) is 0.717. The predicted octanol–water partition coefficient (Wildman–Crippen LogP) is 0.731. The number of piperazine rings is 1. The van der Waals surface area contributed by atoms with Crippen molar-refractivity contribution in [3.05, 3.63) is 17.3 Å². The SMILES string of the molecule is Cc1cc(C)c2c(OCC(=O)N3CCN(CC(=O)N4CCCC4)CC3)nn(C)c2n1. The summed E-state index contributed by atoms with van der Waals surface area (Å²) in [6.45, 7) is 8.74. The molecule has 2 fully saturated rings. The molecule has 0 unspecified atom stereocenters. The van der Waals surface area contributed by atoms with E-state index in [9.17, 15) is 9.59 Å². The fourth-order valence-corrected chi connectivity index (χ4v) is 4.28. The number of fused-ring (bicyclic) bond motifs is 1. The second-order valence-electron chi connectivity index (χ2n) is 8.24. The van der Waals surface area contributed by atoms with Gasteiger partial charge in [-0.1, -0.05) is 0 Å². The number of carbonyl (C=O) groups is 2. The number of pyridine rings is 1. The van der Waals surface area contributed by atoms with Crippen molar-refractivity contribution in [1.29, 1.82) is 0 Å². The Bertz CT molecular complexity index is 942. The van der Waals surface area contributed by atoms with E-state index in [4.69, 9.17) is 4.74 Å². The van der Waals surface area contributed by atoms with Crippen LogP contribution in [0.5, 0.6) is 5.88 Å². The van der Waals surface area contributed by atoms with Crippen molar-refractivity contribution >= 4 is 22.8 Å². The Morgan fingerprint density at radius 2 is 1.67 bits per heavy atom. The highest BCUT2D eigenvalue weighted by Crippen LogP contribution is 2.27. The van der Waals surface area contributed by atoms with E-state index in [-0.39, 0.29) is 18.4 Å². The van der Waals surface area contributed by atoms with Gasteiger partial charge < -0.3 is 14.5 Å². The second-order valence-corrected chi connectivity index (χ2v) is 8.24. The lowest BCUT2D eigenvalue weighted by Crippen LogP contribution is -2.52. The van der Waals surface area contributed by atoms with E-state index in [1.54, 1.807) is 9.58 Å². The van der Waals surface area contributed by atoms with Crippen molar-refractivity contribution in [3.63, 3.8) is 0 Å². The molecule has 2 aromatic heterocycles. The maximum atomic E-state index is 12.6. The van der Waals surface area contributed by atoms with E-state index in [0.29, 0.717) is 38.6 Å². The number of nitrogens with zero attached hydrogens (tertiary/aromatic N) is 6. The molecule has 0 spiro atoms. The van der Waals surface area contributed by atoms with Crippen LogP contribution in [0, 0.1) is 13.8 Å². The van der Waals surface area contributed by atoms with Crippen molar-refractivity contribution in [2.45, 2.75) is 26.7 Å². The van der Waals surface area contributed by atoms with Gasteiger partial charge in [-0.3, -0.25) is 14.5 Å². The minimum Gasteiger partial charge on any atom is -0.466 e. The lowest BCUT2D eigenvalue weighted by Gasteiger charge is -2.34. The van der Waals surface area contributed by atoms with Gasteiger partial charge >= 0.3 is 0 Å². The fourth-order valence-electron chi connectivity index (χ4n) is 4.28. The molecule has 2 aromatic rings. The number of likely N-dealkylation sites (tertiary alicyclic amines) is 1. The Hall–Kier alpha value is -2.68. The summed E-state index contributed by atoms with van der Waals surface area (Å²) in [4.78, 5) is 35.4. The molecule has 0 aliphatic carbocycles. The molecule has 2 aliphatic rings. The number of rotatable bonds is 5. The zero-order valence-electron chi connectivity index (χ0n) is 18.1. The Morgan fingerprint density at radius 3 is 2.37 bits per heavy atom. The Kier molecular flexibility index (Phi) is 5.90. The van der Waals surface area contributed by atoms with Gasteiger partial charge in [-0.05, 0) is 38.3 Å². The van der Waals surface area contributed by atoms with Crippen molar-refractivity contribution in [2.24, 2.45) is 7.05 Å². The first kappa shape index (κ1) is 20.6. The van der Waals surface area contributed by atoms with Crippen LogP contribution in [0.1, 0.15) is 24.1 Å². The Labute approximate surface area is 176 Å². The molecule has 0 bridgehead atoms.